The molecule has 2 aromatic rings. The highest BCUT2D eigenvalue weighted by Crippen LogP contribution is 2.20. The number of halogens is 3. The second-order valence-electron chi connectivity index (χ2n) is 4.36. The zero-order valence-corrected chi connectivity index (χ0v) is 10.5. The van der Waals surface area contributed by atoms with Gasteiger partial charge in [-0.25, -0.2) is 13.2 Å². The van der Waals surface area contributed by atoms with Crippen molar-refractivity contribution < 1.29 is 13.2 Å². The predicted octanol–water partition coefficient (Wildman–Crippen LogP) is 4.68. The van der Waals surface area contributed by atoms with Gasteiger partial charge in [0.05, 0.1) is 0 Å². The third-order valence-corrected chi connectivity index (χ3v) is 2.90. The van der Waals surface area contributed by atoms with Crippen LogP contribution < -0.4 is 5.32 Å². The first-order chi connectivity index (χ1) is 9.06. The molecule has 1 nitrogen and oxygen atoms in total. The molecule has 4 heteroatoms. The van der Waals surface area contributed by atoms with E-state index in [-0.39, 0.29) is 11.4 Å². The van der Waals surface area contributed by atoms with Crippen LogP contribution in [0.2, 0.25) is 0 Å². The van der Waals surface area contributed by atoms with E-state index in [1.54, 1.807) is 18.2 Å². The van der Waals surface area contributed by atoms with Gasteiger partial charge in [0.25, 0.3) is 6.43 Å². The summed E-state index contributed by atoms with van der Waals surface area (Å²) in [6, 6.07) is 10.6. The van der Waals surface area contributed by atoms with E-state index in [2.05, 4.69) is 5.32 Å². The van der Waals surface area contributed by atoms with Crippen LogP contribution in [0.25, 0.3) is 0 Å². The van der Waals surface area contributed by atoms with Crippen molar-refractivity contribution in [2.75, 3.05) is 5.32 Å². The molecule has 0 aliphatic heterocycles. The Morgan fingerprint density at radius 2 is 1.74 bits per heavy atom. The van der Waals surface area contributed by atoms with Crippen molar-refractivity contribution >= 4 is 5.69 Å². The van der Waals surface area contributed by atoms with Crippen molar-refractivity contribution in [3.63, 3.8) is 0 Å². The maximum absolute atomic E-state index is 12.9. The molecule has 0 radical (unpaired) electrons. The summed E-state index contributed by atoms with van der Waals surface area (Å²) in [6.45, 7) is 2.32. The lowest BCUT2D eigenvalue weighted by atomic mass is 10.1. The SMILES string of the molecule is Cc1cc(F)ccc1NCc1ccc(C(F)F)cc1. The summed E-state index contributed by atoms with van der Waals surface area (Å²) in [5, 5.41) is 3.15. The number of aryl methyl sites for hydroxylation is 1. The molecule has 0 amide bonds. The summed E-state index contributed by atoms with van der Waals surface area (Å²) in [5.41, 5.74) is 2.55. The van der Waals surface area contributed by atoms with Crippen LogP contribution in [-0.4, -0.2) is 0 Å². The van der Waals surface area contributed by atoms with Crippen LogP contribution in [0.5, 0.6) is 0 Å². The first kappa shape index (κ1) is 13.5. The van der Waals surface area contributed by atoms with Gasteiger partial charge in [-0.2, -0.15) is 0 Å². The van der Waals surface area contributed by atoms with E-state index in [0.717, 1.165) is 16.8 Å². The fourth-order valence-corrected chi connectivity index (χ4v) is 1.80. The van der Waals surface area contributed by atoms with Crippen molar-refractivity contribution in [3.8, 4) is 0 Å². The van der Waals surface area contributed by atoms with Crippen LogP contribution in [-0.2, 0) is 6.54 Å². The number of alkyl halides is 2. The minimum absolute atomic E-state index is 0.0155. The second kappa shape index (κ2) is 5.78. The lowest BCUT2D eigenvalue weighted by Crippen LogP contribution is -2.01. The van der Waals surface area contributed by atoms with Gasteiger partial charge in [-0.15, -0.1) is 0 Å². The van der Waals surface area contributed by atoms with E-state index >= 15 is 0 Å². The molecule has 0 bridgehead atoms. The molecule has 1 N–H and O–H groups in total. The molecular weight excluding hydrogens is 251 g/mol. The highest BCUT2D eigenvalue weighted by molar-refractivity contribution is 5.50. The predicted molar refractivity (Wildman–Crippen MR) is 69.9 cm³/mol. The fourth-order valence-electron chi connectivity index (χ4n) is 1.80. The Morgan fingerprint density at radius 1 is 1.05 bits per heavy atom. The van der Waals surface area contributed by atoms with E-state index < -0.39 is 6.43 Å². The standard InChI is InChI=1S/C15H14F3N/c1-10-8-13(16)6-7-14(10)19-9-11-2-4-12(5-3-11)15(17)18/h2-8,15,19H,9H2,1H3. The van der Waals surface area contributed by atoms with Crippen molar-refractivity contribution in [3.05, 3.63) is 65.0 Å². The normalized spacial score (nSPS) is 10.8. The molecule has 0 fully saturated rings. The molecule has 0 saturated heterocycles. The Hall–Kier alpha value is -1.97. The van der Waals surface area contributed by atoms with Gasteiger partial charge >= 0.3 is 0 Å². The van der Waals surface area contributed by atoms with Crippen molar-refractivity contribution in [1.82, 2.24) is 0 Å². The zero-order chi connectivity index (χ0) is 13.8. The minimum atomic E-state index is -2.44. The largest absolute Gasteiger partial charge is 0.381 e. The summed E-state index contributed by atoms with van der Waals surface area (Å²) in [7, 11) is 0. The molecule has 2 aromatic carbocycles. The molecule has 0 saturated carbocycles. The Bertz CT molecular complexity index is 550. The number of hydrogen-bond donors (Lipinski definition) is 1. The molecule has 0 atom stereocenters. The molecular formula is C15H14F3N. The van der Waals surface area contributed by atoms with E-state index in [9.17, 15) is 13.2 Å². The van der Waals surface area contributed by atoms with Gasteiger partial charge in [-0.3, -0.25) is 0 Å². The molecule has 0 unspecified atom stereocenters. The Labute approximate surface area is 110 Å². The van der Waals surface area contributed by atoms with Crippen LogP contribution in [0.3, 0.4) is 0 Å². The molecule has 0 aliphatic carbocycles. The van der Waals surface area contributed by atoms with Gasteiger partial charge < -0.3 is 5.32 Å². The average molecular weight is 265 g/mol. The van der Waals surface area contributed by atoms with Crippen LogP contribution in [0, 0.1) is 12.7 Å². The van der Waals surface area contributed by atoms with E-state index in [4.69, 9.17) is 0 Å². The Morgan fingerprint density at radius 3 is 2.32 bits per heavy atom. The highest BCUT2D eigenvalue weighted by atomic mass is 19.3. The van der Waals surface area contributed by atoms with Gasteiger partial charge in [0.2, 0.25) is 0 Å². The van der Waals surface area contributed by atoms with Crippen LogP contribution in [0.1, 0.15) is 23.1 Å². The number of hydrogen-bond acceptors (Lipinski definition) is 1. The number of benzene rings is 2. The topological polar surface area (TPSA) is 12.0 Å². The molecule has 100 valence electrons. The van der Waals surface area contributed by atoms with Crippen LogP contribution >= 0.6 is 0 Å². The quantitative estimate of drug-likeness (QED) is 0.846. The molecule has 0 spiro atoms. The maximum Gasteiger partial charge on any atom is 0.263 e. The highest BCUT2D eigenvalue weighted by Gasteiger charge is 2.06. The number of nitrogens with one attached hydrogen (secondary N) is 1. The van der Waals surface area contributed by atoms with Gasteiger partial charge in [-0.05, 0) is 36.2 Å². The molecule has 0 heterocycles. The number of anilines is 1. The monoisotopic (exact) mass is 265 g/mol. The van der Waals surface area contributed by atoms with Crippen molar-refractivity contribution in [2.24, 2.45) is 0 Å². The Balaban J connectivity index is 2.02. The summed E-state index contributed by atoms with van der Waals surface area (Å²) >= 11 is 0. The van der Waals surface area contributed by atoms with Crippen molar-refractivity contribution in [2.45, 2.75) is 19.9 Å². The van der Waals surface area contributed by atoms with Crippen molar-refractivity contribution in [1.29, 1.82) is 0 Å². The van der Waals surface area contributed by atoms with Crippen LogP contribution in [0.4, 0.5) is 18.9 Å². The first-order valence-corrected chi connectivity index (χ1v) is 5.93. The molecule has 19 heavy (non-hydrogen) atoms. The maximum atomic E-state index is 12.9. The first-order valence-electron chi connectivity index (χ1n) is 5.93. The molecule has 2 rings (SSSR count). The van der Waals surface area contributed by atoms with E-state index in [0.29, 0.717) is 6.54 Å². The molecule has 0 aliphatic rings. The lowest BCUT2D eigenvalue weighted by molar-refractivity contribution is 0.151. The lowest BCUT2D eigenvalue weighted by Gasteiger charge is -2.10. The minimum Gasteiger partial charge on any atom is -0.381 e. The average Bonchev–Trinajstić information content (AvgIpc) is 2.38. The summed E-state index contributed by atoms with van der Waals surface area (Å²) in [4.78, 5) is 0. The third kappa shape index (κ3) is 3.50. The summed E-state index contributed by atoms with van der Waals surface area (Å²) in [5.74, 6) is -0.274. The van der Waals surface area contributed by atoms with E-state index in [1.165, 1.54) is 24.3 Å². The van der Waals surface area contributed by atoms with Crippen LogP contribution in [0.15, 0.2) is 42.5 Å². The number of rotatable bonds is 4. The molecule has 0 aromatic heterocycles. The van der Waals surface area contributed by atoms with Gasteiger partial charge in [0.1, 0.15) is 5.82 Å². The second-order valence-corrected chi connectivity index (χ2v) is 4.36. The summed E-state index contributed by atoms with van der Waals surface area (Å²) < 4.78 is 37.7. The van der Waals surface area contributed by atoms with Gasteiger partial charge in [0, 0.05) is 17.8 Å². The van der Waals surface area contributed by atoms with E-state index in [1.807, 2.05) is 6.92 Å². The van der Waals surface area contributed by atoms with Gasteiger partial charge in [-0.1, -0.05) is 24.3 Å². The van der Waals surface area contributed by atoms with Gasteiger partial charge in [0.15, 0.2) is 0 Å². The smallest absolute Gasteiger partial charge is 0.263 e. The Kier molecular flexibility index (Phi) is 4.10. The summed E-state index contributed by atoms with van der Waals surface area (Å²) in [6.07, 6.45) is -2.44. The third-order valence-electron chi connectivity index (χ3n) is 2.90. The fraction of sp³-hybridized carbons (Fsp3) is 0.200. The zero-order valence-electron chi connectivity index (χ0n) is 10.5.